The topological polar surface area (TPSA) is 95.5 Å². The molecule has 0 unspecified atom stereocenters. The second-order valence-electron chi connectivity index (χ2n) is 7.61. The normalized spacial score (nSPS) is 11.9. The van der Waals surface area contributed by atoms with Gasteiger partial charge < -0.3 is 10.6 Å². The Bertz CT molecular complexity index is 1590. The van der Waals surface area contributed by atoms with Crippen LogP contribution in [0.4, 0.5) is 27.1 Å². The van der Waals surface area contributed by atoms with Gasteiger partial charge in [-0.05, 0) is 78.9 Å². The Morgan fingerprint density at radius 2 is 1.69 bits per heavy atom. The molecule has 0 aliphatic rings. The standard InChI is InChI=1S/C27H22FN5O2S/c1-3-20(14-16-29-2)31-21-5-7-23(8-6-21)33-36(34,35)24-11-9-22(10-12-24)32-27-15-17-30-26-13-4-19(28)18-25(26)27/h1,4-18,31,33H,2H3,(H,30,32)/b20-14+,29-16-. The van der Waals surface area contributed by atoms with Gasteiger partial charge in [0.05, 0.1) is 16.1 Å². The number of pyridine rings is 1. The highest BCUT2D eigenvalue weighted by molar-refractivity contribution is 7.92. The number of aliphatic imine (C=N–C) groups is 1. The first-order chi connectivity index (χ1) is 17.4. The van der Waals surface area contributed by atoms with Crippen LogP contribution < -0.4 is 15.4 Å². The number of nitrogens with one attached hydrogen (secondary N) is 3. The highest BCUT2D eigenvalue weighted by Gasteiger charge is 2.14. The first kappa shape index (κ1) is 24.4. The molecule has 0 spiro atoms. The molecular formula is C27H22FN5O2S. The molecule has 0 atom stereocenters. The van der Waals surface area contributed by atoms with Crippen molar-refractivity contribution in [3.8, 4) is 12.3 Å². The molecule has 0 radical (unpaired) electrons. The number of aromatic nitrogens is 1. The van der Waals surface area contributed by atoms with E-state index in [1.807, 2.05) is 0 Å². The number of rotatable bonds is 8. The number of hydrogen-bond acceptors (Lipinski definition) is 6. The smallest absolute Gasteiger partial charge is 0.261 e. The lowest BCUT2D eigenvalue weighted by molar-refractivity contribution is 0.601. The number of sulfonamides is 1. The van der Waals surface area contributed by atoms with E-state index in [0.717, 1.165) is 0 Å². The summed E-state index contributed by atoms with van der Waals surface area (Å²) in [6, 6.07) is 19.0. The molecule has 4 aromatic rings. The summed E-state index contributed by atoms with van der Waals surface area (Å²) in [4.78, 5) is 8.18. The average molecular weight is 500 g/mol. The van der Waals surface area contributed by atoms with Gasteiger partial charge in [0.1, 0.15) is 5.82 Å². The summed E-state index contributed by atoms with van der Waals surface area (Å²) in [5.41, 5.74) is 3.57. The molecule has 1 aromatic heterocycles. The van der Waals surface area contributed by atoms with E-state index in [1.165, 1.54) is 24.3 Å². The molecule has 36 heavy (non-hydrogen) atoms. The van der Waals surface area contributed by atoms with Gasteiger partial charge in [-0.15, -0.1) is 6.42 Å². The van der Waals surface area contributed by atoms with Crippen LogP contribution in [-0.2, 0) is 10.0 Å². The lowest BCUT2D eigenvalue weighted by Crippen LogP contribution is -2.13. The van der Waals surface area contributed by atoms with Crippen molar-refractivity contribution >= 4 is 49.9 Å². The molecule has 9 heteroatoms. The van der Waals surface area contributed by atoms with E-state index in [1.54, 1.807) is 74.1 Å². The Labute approximate surface area is 208 Å². The maximum atomic E-state index is 13.7. The predicted octanol–water partition coefficient (Wildman–Crippen LogP) is 5.55. The van der Waals surface area contributed by atoms with Crippen molar-refractivity contribution in [3.63, 3.8) is 0 Å². The molecule has 0 fully saturated rings. The molecule has 0 saturated heterocycles. The monoisotopic (exact) mass is 499 g/mol. The lowest BCUT2D eigenvalue weighted by atomic mass is 10.1. The van der Waals surface area contributed by atoms with Gasteiger partial charge in [-0.1, -0.05) is 5.92 Å². The molecule has 0 saturated carbocycles. The third-order valence-electron chi connectivity index (χ3n) is 5.11. The number of halogens is 1. The number of hydrogen-bond donors (Lipinski definition) is 3. The molecule has 4 rings (SSSR count). The van der Waals surface area contributed by atoms with Gasteiger partial charge in [-0.25, -0.2) is 12.8 Å². The van der Waals surface area contributed by atoms with Gasteiger partial charge in [0.2, 0.25) is 0 Å². The molecule has 7 nitrogen and oxygen atoms in total. The van der Waals surface area contributed by atoms with Crippen LogP contribution in [0.3, 0.4) is 0 Å². The number of benzene rings is 3. The zero-order chi connectivity index (χ0) is 25.5. The molecular weight excluding hydrogens is 477 g/mol. The van der Waals surface area contributed by atoms with Gasteiger partial charge in [-0.2, -0.15) is 0 Å². The van der Waals surface area contributed by atoms with Crippen molar-refractivity contribution in [2.45, 2.75) is 4.90 Å². The third-order valence-corrected chi connectivity index (χ3v) is 6.51. The van der Waals surface area contributed by atoms with Crippen LogP contribution in [0.15, 0.2) is 101 Å². The Balaban J connectivity index is 1.46. The fourth-order valence-corrected chi connectivity index (χ4v) is 4.43. The number of fused-ring (bicyclic) bond motifs is 1. The van der Waals surface area contributed by atoms with E-state index in [9.17, 15) is 12.8 Å². The number of nitrogens with zero attached hydrogens (tertiary/aromatic N) is 2. The Kier molecular flexibility index (Phi) is 7.28. The first-order valence-electron chi connectivity index (χ1n) is 10.8. The SMILES string of the molecule is C#C/C(=C\C=N/C)Nc1ccc(NS(=O)(=O)c2ccc(Nc3ccnc4ccc(F)cc34)cc2)cc1. The minimum atomic E-state index is -3.81. The summed E-state index contributed by atoms with van der Waals surface area (Å²) in [7, 11) is -2.18. The molecule has 3 N–H and O–H groups in total. The first-order valence-corrected chi connectivity index (χ1v) is 12.3. The van der Waals surface area contributed by atoms with Crippen LogP contribution in [0.5, 0.6) is 0 Å². The highest BCUT2D eigenvalue weighted by atomic mass is 32.2. The van der Waals surface area contributed by atoms with Crippen molar-refractivity contribution in [2.24, 2.45) is 4.99 Å². The van der Waals surface area contributed by atoms with Gasteiger partial charge in [0, 0.05) is 47.6 Å². The lowest BCUT2D eigenvalue weighted by Gasteiger charge is -2.12. The Hall–Kier alpha value is -4.68. The van der Waals surface area contributed by atoms with Gasteiger partial charge >= 0.3 is 0 Å². The molecule has 0 aliphatic heterocycles. The highest BCUT2D eigenvalue weighted by Crippen LogP contribution is 2.27. The summed E-state index contributed by atoms with van der Waals surface area (Å²) in [5, 5.41) is 6.86. The van der Waals surface area contributed by atoms with E-state index in [0.29, 0.717) is 39.3 Å². The second-order valence-corrected chi connectivity index (χ2v) is 9.29. The van der Waals surface area contributed by atoms with E-state index in [2.05, 4.69) is 31.3 Å². The van der Waals surface area contributed by atoms with Gasteiger partial charge in [-0.3, -0.25) is 14.7 Å². The minimum absolute atomic E-state index is 0.0947. The molecule has 1 heterocycles. The van der Waals surface area contributed by atoms with E-state index >= 15 is 0 Å². The predicted molar refractivity (Wildman–Crippen MR) is 144 cm³/mol. The zero-order valence-electron chi connectivity index (χ0n) is 19.2. The van der Waals surface area contributed by atoms with Gasteiger partial charge in [0.15, 0.2) is 0 Å². The maximum Gasteiger partial charge on any atom is 0.261 e. The second kappa shape index (κ2) is 10.7. The van der Waals surface area contributed by atoms with Crippen molar-refractivity contribution in [1.29, 1.82) is 0 Å². The van der Waals surface area contributed by atoms with E-state index < -0.39 is 10.0 Å². The van der Waals surface area contributed by atoms with Crippen LogP contribution in [-0.4, -0.2) is 26.7 Å². The van der Waals surface area contributed by atoms with Crippen LogP contribution >= 0.6 is 0 Å². The molecule has 180 valence electrons. The number of terminal acetylenes is 1. The van der Waals surface area contributed by atoms with Crippen LogP contribution in [0.2, 0.25) is 0 Å². The third kappa shape index (κ3) is 5.87. The zero-order valence-corrected chi connectivity index (χ0v) is 20.1. The summed E-state index contributed by atoms with van der Waals surface area (Å²) >= 11 is 0. The Morgan fingerprint density at radius 3 is 2.39 bits per heavy atom. The molecule has 0 aliphatic carbocycles. The number of anilines is 4. The van der Waals surface area contributed by atoms with Crippen molar-refractivity contribution in [3.05, 3.63) is 96.6 Å². The fraction of sp³-hybridized carbons (Fsp3) is 0.0370. The molecule has 3 aromatic carbocycles. The van der Waals surface area contributed by atoms with Crippen molar-refractivity contribution in [1.82, 2.24) is 4.98 Å². The van der Waals surface area contributed by atoms with Crippen molar-refractivity contribution in [2.75, 3.05) is 22.4 Å². The van der Waals surface area contributed by atoms with Crippen molar-refractivity contribution < 1.29 is 12.8 Å². The fourth-order valence-electron chi connectivity index (χ4n) is 3.37. The molecule has 0 bridgehead atoms. The molecule has 0 amide bonds. The van der Waals surface area contributed by atoms with Crippen LogP contribution in [0, 0.1) is 18.2 Å². The summed E-state index contributed by atoms with van der Waals surface area (Å²) in [5.74, 6) is 2.15. The van der Waals surface area contributed by atoms with Crippen LogP contribution in [0.25, 0.3) is 10.9 Å². The summed E-state index contributed by atoms with van der Waals surface area (Å²) in [6.45, 7) is 0. The van der Waals surface area contributed by atoms with Gasteiger partial charge in [0.25, 0.3) is 10.0 Å². The van der Waals surface area contributed by atoms with E-state index in [-0.39, 0.29) is 10.7 Å². The average Bonchev–Trinajstić information content (AvgIpc) is 2.88. The summed E-state index contributed by atoms with van der Waals surface area (Å²) in [6.07, 6.45) is 10.3. The summed E-state index contributed by atoms with van der Waals surface area (Å²) < 4.78 is 42.0. The minimum Gasteiger partial charge on any atom is -0.355 e. The van der Waals surface area contributed by atoms with Crippen LogP contribution in [0.1, 0.15) is 0 Å². The largest absolute Gasteiger partial charge is 0.355 e. The number of allylic oxidation sites excluding steroid dienone is 2. The Morgan fingerprint density at radius 1 is 1.00 bits per heavy atom. The quantitative estimate of drug-likeness (QED) is 0.218. The maximum absolute atomic E-state index is 13.7. The van der Waals surface area contributed by atoms with E-state index in [4.69, 9.17) is 6.42 Å².